The summed E-state index contributed by atoms with van der Waals surface area (Å²) < 4.78 is 0. The number of hydrogen-bond acceptors (Lipinski definition) is 2. The molecule has 15 heavy (non-hydrogen) atoms. The van der Waals surface area contributed by atoms with Crippen molar-refractivity contribution in [2.45, 2.75) is 65.0 Å². The van der Waals surface area contributed by atoms with Crippen LogP contribution in [0.15, 0.2) is 0 Å². The predicted octanol–water partition coefficient (Wildman–Crippen LogP) is 2.64. The Kier molecular flexibility index (Phi) is 5.07. The maximum Gasteiger partial charge on any atom is 0.0156 e. The van der Waals surface area contributed by atoms with Crippen molar-refractivity contribution >= 4 is 0 Å². The number of rotatable bonds is 6. The van der Waals surface area contributed by atoms with Crippen LogP contribution in [0.2, 0.25) is 0 Å². The van der Waals surface area contributed by atoms with Gasteiger partial charge in [-0.3, -0.25) is 4.90 Å². The van der Waals surface area contributed by atoms with Crippen molar-refractivity contribution in [2.75, 3.05) is 19.6 Å². The van der Waals surface area contributed by atoms with E-state index >= 15 is 0 Å². The summed E-state index contributed by atoms with van der Waals surface area (Å²) in [5.74, 6) is 0. The summed E-state index contributed by atoms with van der Waals surface area (Å²) in [6.07, 6.45) is 5.26. The number of nitrogens with zero attached hydrogens (tertiary/aromatic N) is 1. The van der Waals surface area contributed by atoms with Gasteiger partial charge in [0.2, 0.25) is 0 Å². The van der Waals surface area contributed by atoms with Gasteiger partial charge in [-0.2, -0.15) is 0 Å². The smallest absolute Gasteiger partial charge is 0.0156 e. The molecule has 0 spiro atoms. The molecule has 2 nitrogen and oxygen atoms in total. The third kappa shape index (κ3) is 3.76. The molecule has 2 heteroatoms. The maximum atomic E-state index is 3.49. The lowest BCUT2D eigenvalue weighted by Crippen LogP contribution is -2.45. The maximum absolute atomic E-state index is 3.49. The van der Waals surface area contributed by atoms with Crippen molar-refractivity contribution in [3.8, 4) is 0 Å². The van der Waals surface area contributed by atoms with Gasteiger partial charge in [0.15, 0.2) is 0 Å². The lowest BCUT2D eigenvalue weighted by atomic mass is 10.00. The van der Waals surface area contributed by atoms with Gasteiger partial charge in [0, 0.05) is 11.6 Å². The van der Waals surface area contributed by atoms with E-state index in [4.69, 9.17) is 0 Å². The van der Waals surface area contributed by atoms with Crippen LogP contribution in [0.5, 0.6) is 0 Å². The van der Waals surface area contributed by atoms with Crippen LogP contribution in [0, 0.1) is 0 Å². The molecule has 1 atom stereocenters. The minimum absolute atomic E-state index is 0.435. The van der Waals surface area contributed by atoms with Crippen molar-refractivity contribution in [1.82, 2.24) is 10.2 Å². The van der Waals surface area contributed by atoms with E-state index in [-0.39, 0.29) is 0 Å². The lowest BCUT2D eigenvalue weighted by molar-refractivity contribution is 0.119. The largest absolute Gasteiger partial charge is 0.317 e. The third-order valence-electron chi connectivity index (χ3n) is 3.66. The molecule has 1 heterocycles. The molecule has 1 saturated heterocycles. The summed E-state index contributed by atoms with van der Waals surface area (Å²) in [5, 5.41) is 3.49. The molecule has 0 aromatic carbocycles. The van der Waals surface area contributed by atoms with Gasteiger partial charge >= 0.3 is 0 Å². The first-order valence-electron chi connectivity index (χ1n) is 6.55. The second-order valence-electron chi connectivity index (χ2n) is 5.50. The molecule has 1 unspecified atom stereocenters. The highest BCUT2D eigenvalue weighted by Gasteiger charge is 2.34. The summed E-state index contributed by atoms with van der Waals surface area (Å²) in [6.45, 7) is 13.0. The molecule has 0 amide bonds. The Balaban J connectivity index is 2.24. The average molecular weight is 212 g/mol. The monoisotopic (exact) mass is 212 g/mol. The first-order chi connectivity index (χ1) is 7.08. The van der Waals surface area contributed by atoms with Gasteiger partial charge in [-0.05, 0) is 66.1 Å². The predicted molar refractivity (Wildman–Crippen MR) is 67.3 cm³/mol. The summed E-state index contributed by atoms with van der Waals surface area (Å²) >= 11 is 0. The quantitative estimate of drug-likeness (QED) is 0.681. The Morgan fingerprint density at radius 3 is 2.60 bits per heavy atom. The Morgan fingerprint density at radius 1 is 1.33 bits per heavy atom. The van der Waals surface area contributed by atoms with E-state index in [1.54, 1.807) is 0 Å². The molecule has 0 aromatic heterocycles. The summed E-state index contributed by atoms with van der Waals surface area (Å²) in [4.78, 5) is 2.68. The molecule has 0 aliphatic carbocycles. The highest BCUT2D eigenvalue weighted by molar-refractivity contribution is 4.90. The second kappa shape index (κ2) is 5.86. The fraction of sp³-hybridized carbons (Fsp3) is 1.00. The summed E-state index contributed by atoms with van der Waals surface area (Å²) in [5.41, 5.74) is 0.435. The Morgan fingerprint density at radius 2 is 2.07 bits per heavy atom. The van der Waals surface area contributed by atoms with E-state index in [0.717, 1.165) is 12.6 Å². The van der Waals surface area contributed by atoms with Crippen LogP contribution in [0.4, 0.5) is 0 Å². The van der Waals surface area contributed by atoms with Crippen molar-refractivity contribution in [2.24, 2.45) is 0 Å². The SMILES string of the molecule is CCCNCCC(C)N1CCCC1(C)C. The van der Waals surface area contributed by atoms with Gasteiger partial charge in [0.05, 0.1) is 0 Å². The second-order valence-corrected chi connectivity index (χ2v) is 5.50. The summed E-state index contributed by atoms with van der Waals surface area (Å²) in [7, 11) is 0. The van der Waals surface area contributed by atoms with E-state index in [1.807, 2.05) is 0 Å². The number of likely N-dealkylation sites (tertiary alicyclic amines) is 1. The first kappa shape index (κ1) is 13.0. The third-order valence-corrected chi connectivity index (χ3v) is 3.66. The molecular formula is C13H28N2. The number of hydrogen-bond donors (Lipinski definition) is 1. The highest BCUT2D eigenvalue weighted by atomic mass is 15.2. The van der Waals surface area contributed by atoms with E-state index in [0.29, 0.717) is 5.54 Å². The molecule has 1 fully saturated rings. The van der Waals surface area contributed by atoms with Crippen molar-refractivity contribution in [1.29, 1.82) is 0 Å². The van der Waals surface area contributed by atoms with Gasteiger partial charge in [0.25, 0.3) is 0 Å². The van der Waals surface area contributed by atoms with Crippen LogP contribution in [0.25, 0.3) is 0 Å². The molecule has 1 aliphatic rings. The zero-order valence-electron chi connectivity index (χ0n) is 11.0. The molecule has 1 N–H and O–H groups in total. The molecule has 0 radical (unpaired) electrons. The van der Waals surface area contributed by atoms with E-state index in [1.165, 1.54) is 38.8 Å². The van der Waals surface area contributed by atoms with E-state index < -0.39 is 0 Å². The standard InChI is InChI=1S/C13H28N2/c1-5-9-14-10-7-12(2)15-11-6-8-13(15,3)4/h12,14H,5-11H2,1-4H3. The molecular weight excluding hydrogens is 184 g/mol. The van der Waals surface area contributed by atoms with Crippen LogP contribution in [-0.4, -0.2) is 36.1 Å². The Labute approximate surface area is 95.4 Å². The minimum Gasteiger partial charge on any atom is -0.317 e. The zero-order valence-corrected chi connectivity index (χ0v) is 11.0. The van der Waals surface area contributed by atoms with Crippen LogP contribution >= 0.6 is 0 Å². The van der Waals surface area contributed by atoms with Gasteiger partial charge in [-0.15, -0.1) is 0 Å². The van der Waals surface area contributed by atoms with Crippen molar-refractivity contribution in [3.05, 3.63) is 0 Å². The Bertz CT molecular complexity index is 177. The highest BCUT2D eigenvalue weighted by Crippen LogP contribution is 2.30. The average Bonchev–Trinajstić information content (AvgIpc) is 2.52. The normalized spacial score (nSPS) is 23.2. The van der Waals surface area contributed by atoms with Crippen LogP contribution in [0.1, 0.15) is 53.4 Å². The minimum atomic E-state index is 0.435. The topological polar surface area (TPSA) is 15.3 Å². The fourth-order valence-corrected chi connectivity index (χ4v) is 2.71. The van der Waals surface area contributed by atoms with Crippen LogP contribution in [-0.2, 0) is 0 Å². The molecule has 1 aliphatic heterocycles. The Hall–Kier alpha value is -0.0800. The van der Waals surface area contributed by atoms with Crippen molar-refractivity contribution in [3.63, 3.8) is 0 Å². The fourth-order valence-electron chi connectivity index (χ4n) is 2.71. The summed E-state index contributed by atoms with van der Waals surface area (Å²) in [6, 6.07) is 0.729. The molecule has 1 rings (SSSR count). The molecule has 90 valence electrons. The number of nitrogens with one attached hydrogen (secondary N) is 1. The van der Waals surface area contributed by atoms with Crippen LogP contribution in [0.3, 0.4) is 0 Å². The first-order valence-corrected chi connectivity index (χ1v) is 6.55. The van der Waals surface area contributed by atoms with Crippen molar-refractivity contribution < 1.29 is 0 Å². The van der Waals surface area contributed by atoms with Gasteiger partial charge in [-0.1, -0.05) is 6.92 Å². The van der Waals surface area contributed by atoms with Gasteiger partial charge in [-0.25, -0.2) is 0 Å². The lowest BCUT2D eigenvalue weighted by Gasteiger charge is -2.36. The molecule has 0 bridgehead atoms. The van der Waals surface area contributed by atoms with Crippen LogP contribution < -0.4 is 5.32 Å². The zero-order chi connectivity index (χ0) is 11.3. The van der Waals surface area contributed by atoms with E-state index in [9.17, 15) is 0 Å². The van der Waals surface area contributed by atoms with Gasteiger partial charge in [0.1, 0.15) is 0 Å². The van der Waals surface area contributed by atoms with Gasteiger partial charge < -0.3 is 5.32 Å². The van der Waals surface area contributed by atoms with E-state index in [2.05, 4.69) is 37.9 Å². The molecule has 0 saturated carbocycles. The molecule has 0 aromatic rings.